The van der Waals surface area contributed by atoms with E-state index in [9.17, 15) is 18.0 Å². The molecule has 2 aliphatic rings. The molecule has 1 heterocycles. The van der Waals surface area contributed by atoms with Gasteiger partial charge in [0.05, 0.1) is 11.3 Å². The molecule has 0 bridgehead atoms. The number of carbonyl (C=O) groups is 2. The highest BCUT2D eigenvalue weighted by molar-refractivity contribution is 7.89. The second kappa shape index (κ2) is 11.0. The number of nitrogens with zero attached hydrogens (tertiary/aromatic N) is 1. The molecule has 0 radical (unpaired) electrons. The predicted octanol–water partition coefficient (Wildman–Crippen LogP) is 3.09. The van der Waals surface area contributed by atoms with E-state index < -0.39 is 10.0 Å². The van der Waals surface area contributed by atoms with Gasteiger partial charge in [-0.15, -0.1) is 0 Å². The van der Waals surface area contributed by atoms with E-state index in [0.717, 1.165) is 57.2 Å². The molecule has 1 saturated carbocycles. The molecule has 2 fully saturated rings. The zero-order valence-electron chi connectivity index (χ0n) is 19.2. The minimum absolute atomic E-state index is 0.00394. The molecule has 182 valence electrons. The first-order chi connectivity index (χ1) is 16.4. The summed E-state index contributed by atoms with van der Waals surface area (Å²) < 4.78 is 33.2. The predicted molar refractivity (Wildman–Crippen MR) is 129 cm³/mol. The summed E-state index contributed by atoms with van der Waals surface area (Å²) in [5, 5.41) is 2.76. The van der Waals surface area contributed by atoms with E-state index in [4.69, 9.17) is 4.74 Å². The van der Waals surface area contributed by atoms with Crippen LogP contribution in [0.1, 0.15) is 44.1 Å². The second-order valence-electron chi connectivity index (χ2n) is 8.87. The fourth-order valence-electron chi connectivity index (χ4n) is 4.35. The van der Waals surface area contributed by atoms with Crippen molar-refractivity contribution in [2.75, 3.05) is 25.0 Å². The van der Waals surface area contributed by atoms with Crippen LogP contribution in [0.5, 0.6) is 5.75 Å². The SMILES string of the molecule is O=C(COc1ccc(S(=O)(=O)NC2CCCC2)cc1)Nc1ccc(CC(=O)N2CCCC2)cc1. The van der Waals surface area contributed by atoms with Crippen LogP contribution in [0.4, 0.5) is 5.69 Å². The molecule has 4 rings (SSSR count). The van der Waals surface area contributed by atoms with E-state index in [1.165, 1.54) is 12.1 Å². The smallest absolute Gasteiger partial charge is 0.262 e. The van der Waals surface area contributed by atoms with Gasteiger partial charge in [-0.1, -0.05) is 25.0 Å². The summed E-state index contributed by atoms with van der Waals surface area (Å²) in [6, 6.07) is 13.3. The fraction of sp³-hybridized carbons (Fsp3) is 0.440. The Balaban J connectivity index is 1.23. The third-order valence-electron chi connectivity index (χ3n) is 6.23. The van der Waals surface area contributed by atoms with Gasteiger partial charge in [0.25, 0.3) is 5.91 Å². The third kappa shape index (κ3) is 6.57. The summed E-state index contributed by atoms with van der Waals surface area (Å²) in [7, 11) is -3.56. The zero-order chi connectivity index (χ0) is 24.0. The zero-order valence-corrected chi connectivity index (χ0v) is 20.0. The van der Waals surface area contributed by atoms with Gasteiger partial charge in [0.15, 0.2) is 6.61 Å². The maximum absolute atomic E-state index is 12.5. The van der Waals surface area contributed by atoms with Crippen LogP contribution in [0.3, 0.4) is 0 Å². The molecule has 1 aliphatic heterocycles. The topological polar surface area (TPSA) is 105 Å². The molecule has 9 heteroatoms. The lowest BCUT2D eigenvalue weighted by atomic mass is 10.1. The quantitative estimate of drug-likeness (QED) is 0.568. The molecule has 0 aromatic heterocycles. The summed E-state index contributed by atoms with van der Waals surface area (Å²) in [5.74, 6) is 0.210. The molecule has 0 spiro atoms. The lowest BCUT2D eigenvalue weighted by molar-refractivity contribution is -0.129. The Morgan fingerprint density at radius 1 is 0.912 bits per heavy atom. The molecule has 2 aromatic rings. The van der Waals surface area contributed by atoms with Gasteiger partial charge in [0.1, 0.15) is 5.75 Å². The molecule has 8 nitrogen and oxygen atoms in total. The van der Waals surface area contributed by atoms with Gasteiger partial charge in [-0.25, -0.2) is 13.1 Å². The molecule has 1 aliphatic carbocycles. The second-order valence-corrected chi connectivity index (χ2v) is 10.6. The van der Waals surface area contributed by atoms with Crippen LogP contribution in [0, 0.1) is 0 Å². The van der Waals surface area contributed by atoms with E-state index >= 15 is 0 Å². The van der Waals surface area contributed by atoms with Crippen molar-refractivity contribution in [1.29, 1.82) is 0 Å². The van der Waals surface area contributed by atoms with Crippen molar-refractivity contribution in [1.82, 2.24) is 9.62 Å². The number of carbonyl (C=O) groups excluding carboxylic acids is 2. The van der Waals surface area contributed by atoms with Crippen LogP contribution in [-0.4, -0.2) is 50.9 Å². The number of benzene rings is 2. The molecule has 0 atom stereocenters. The molecule has 34 heavy (non-hydrogen) atoms. The first-order valence-corrected chi connectivity index (χ1v) is 13.3. The number of anilines is 1. The summed E-state index contributed by atoms with van der Waals surface area (Å²) in [6.07, 6.45) is 6.33. The van der Waals surface area contributed by atoms with Crippen molar-refractivity contribution in [2.45, 2.75) is 55.9 Å². The molecule has 0 unspecified atom stereocenters. The van der Waals surface area contributed by atoms with Crippen molar-refractivity contribution < 1.29 is 22.7 Å². The van der Waals surface area contributed by atoms with Gasteiger partial charge in [0.2, 0.25) is 15.9 Å². The Morgan fingerprint density at radius 3 is 2.21 bits per heavy atom. The van der Waals surface area contributed by atoms with Crippen LogP contribution < -0.4 is 14.8 Å². The Hall–Kier alpha value is -2.91. The van der Waals surface area contributed by atoms with Crippen LogP contribution >= 0.6 is 0 Å². The number of rotatable bonds is 9. The van der Waals surface area contributed by atoms with Gasteiger partial charge in [-0.3, -0.25) is 9.59 Å². The van der Waals surface area contributed by atoms with Gasteiger partial charge in [-0.05, 0) is 67.6 Å². The normalized spacial score (nSPS) is 16.5. The lowest BCUT2D eigenvalue weighted by Gasteiger charge is -2.15. The van der Waals surface area contributed by atoms with Gasteiger partial charge in [0, 0.05) is 24.8 Å². The Bertz CT molecular complexity index is 1090. The average molecular weight is 486 g/mol. The van der Waals surface area contributed by atoms with E-state index in [0.29, 0.717) is 17.9 Å². The first-order valence-electron chi connectivity index (χ1n) is 11.8. The third-order valence-corrected chi connectivity index (χ3v) is 7.77. The highest BCUT2D eigenvalue weighted by atomic mass is 32.2. The Kier molecular flexibility index (Phi) is 7.84. The number of hydrogen-bond acceptors (Lipinski definition) is 5. The number of likely N-dealkylation sites (tertiary alicyclic amines) is 1. The van der Waals surface area contributed by atoms with Crippen molar-refractivity contribution in [2.24, 2.45) is 0 Å². The van der Waals surface area contributed by atoms with Crippen LogP contribution in [0.25, 0.3) is 0 Å². The number of hydrogen-bond donors (Lipinski definition) is 2. The largest absolute Gasteiger partial charge is 0.484 e. The van der Waals surface area contributed by atoms with Crippen molar-refractivity contribution in [3.8, 4) is 5.75 Å². The maximum Gasteiger partial charge on any atom is 0.262 e. The summed E-state index contributed by atoms with van der Waals surface area (Å²) >= 11 is 0. The molecular formula is C25H31N3O5S. The highest BCUT2D eigenvalue weighted by Crippen LogP contribution is 2.22. The van der Waals surface area contributed by atoms with Gasteiger partial charge in [-0.2, -0.15) is 0 Å². The number of sulfonamides is 1. The summed E-state index contributed by atoms with van der Waals surface area (Å²) in [6.45, 7) is 1.47. The first kappa shape index (κ1) is 24.2. The Morgan fingerprint density at radius 2 is 1.56 bits per heavy atom. The average Bonchev–Trinajstić information content (AvgIpc) is 3.54. The minimum Gasteiger partial charge on any atom is -0.484 e. The monoisotopic (exact) mass is 485 g/mol. The molecule has 2 amide bonds. The van der Waals surface area contributed by atoms with Crippen molar-refractivity contribution in [3.63, 3.8) is 0 Å². The fourth-order valence-corrected chi connectivity index (χ4v) is 5.66. The Labute approximate surface area is 200 Å². The highest BCUT2D eigenvalue weighted by Gasteiger charge is 2.23. The van der Waals surface area contributed by atoms with E-state index in [-0.39, 0.29) is 29.4 Å². The minimum atomic E-state index is -3.56. The number of ether oxygens (including phenoxy) is 1. The summed E-state index contributed by atoms with van der Waals surface area (Å²) in [4.78, 5) is 26.6. The van der Waals surface area contributed by atoms with Crippen LogP contribution in [-0.2, 0) is 26.0 Å². The molecule has 2 aromatic carbocycles. The summed E-state index contributed by atoms with van der Waals surface area (Å²) in [5.41, 5.74) is 1.52. The van der Waals surface area contributed by atoms with Crippen LogP contribution in [0.2, 0.25) is 0 Å². The molecular weight excluding hydrogens is 454 g/mol. The van der Waals surface area contributed by atoms with Gasteiger partial charge < -0.3 is 15.0 Å². The molecule has 2 N–H and O–H groups in total. The standard InChI is InChI=1S/C25H31N3O5S/c29-24(26-20-9-7-19(8-10-20)17-25(30)28-15-3-4-16-28)18-33-22-11-13-23(14-12-22)34(31,32)27-21-5-1-2-6-21/h7-14,21,27H,1-6,15-18H2,(H,26,29). The van der Waals surface area contributed by atoms with Gasteiger partial charge >= 0.3 is 0 Å². The number of amides is 2. The maximum atomic E-state index is 12.5. The van der Waals surface area contributed by atoms with Crippen LogP contribution in [0.15, 0.2) is 53.4 Å². The van der Waals surface area contributed by atoms with Crippen molar-refractivity contribution in [3.05, 3.63) is 54.1 Å². The van der Waals surface area contributed by atoms with E-state index in [1.54, 1.807) is 24.3 Å². The van der Waals surface area contributed by atoms with E-state index in [1.807, 2.05) is 17.0 Å². The molecule has 1 saturated heterocycles. The lowest BCUT2D eigenvalue weighted by Crippen LogP contribution is -2.32. The van der Waals surface area contributed by atoms with Crippen molar-refractivity contribution >= 4 is 27.5 Å². The number of nitrogens with one attached hydrogen (secondary N) is 2. The van der Waals surface area contributed by atoms with E-state index in [2.05, 4.69) is 10.0 Å².